The molecule has 0 bridgehead atoms. The summed E-state index contributed by atoms with van der Waals surface area (Å²) in [6, 6.07) is 5.79. The number of esters is 2. The van der Waals surface area contributed by atoms with Crippen molar-refractivity contribution in [3.8, 4) is 0 Å². The van der Waals surface area contributed by atoms with E-state index in [2.05, 4.69) is 6.58 Å². The van der Waals surface area contributed by atoms with Gasteiger partial charge in [-0.05, 0) is 31.6 Å². The summed E-state index contributed by atoms with van der Waals surface area (Å²) in [5.41, 5.74) is 0.0348. The Balaban J connectivity index is 2.79. The van der Waals surface area contributed by atoms with Crippen LogP contribution in [0, 0.1) is 0 Å². The molecule has 0 fully saturated rings. The van der Waals surface area contributed by atoms with Crippen molar-refractivity contribution in [2.75, 3.05) is 13.2 Å². The molecule has 2 atom stereocenters. The van der Waals surface area contributed by atoms with E-state index in [9.17, 15) is 19.5 Å². The number of carbonyl (C=O) groups is 3. The number of hydrogen-bond donors (Lipinski definition) is 2. The summed E-state index contributed by atoms with van der Waals surface area (Å²) in [6.45, 7) is 5.52. The predicted octanol–water partition coefficient (Wildman–Crippen LogP) is 0.887. The van der Waals surface area contributed by atoms with Gasteiger partial charge in [0.1, 0.15) is 13.2 Å². The van der Waals surface area contributed by atoms with E-state index in [-0.39, 0.29) is 23.3 Å². The molecule has 0 amide bonds. The molecule has 1 aromatic carbocycles. The largest absolute Gasteiger partial charge is 0.459 e. The van der Waals surface area contributed by atoms with Crippen LogP contribution in [0.2, 0.25) is 0 Å². The molecule has 0 aromatic heterocycles. The first-order valence-corrected chi connectivity index (χ1v) is 7.23. The van der Waals surface area contributed by atoms with E-state index in [1.807, 2.05) is 0 Å². The molecule has 1 aromatic rings. The van der Waals surface area contributed by atoms with Crippen LogP contribution in [-0.2, 0) is 14.3 Å². The van der Waals surface area contributed by atoms with E-state index >= 15 is 0 Å². The number of aliphatic hydroxyl groups is 2. The van der Waals surface area contributed by atoms with Crippen molar-refractivity contribution in [1.82, 2.24) is 0 Å². The highest BCUT2D eigenvalue weighted by atomic mass is 16.5. The Labute approximate surface area is 139 Å². The highest BCUT2D eigenvalue weighted by Crippen LogP contribution is 2.13. The van der Waals surface area contributed by atoms with Crippen molar-refractivity contribution in [3.63, 3.8) is 0 Å². The normalized spacial score (nSPS) is 12.8. The maximum Gasteiger partial charge on any atom is 0.339 e. The molecule has 1 rings (SSSR count). The maximum atomic E-state index is 12.1. The molecular formula is C17H20O7. The van der Waals surface area contributed by atoms with Crippen LogP contribution in [0.5, 0.6) is 0 Å². The van der Waals surface area contributed by atoms with Gasteiger partial charge in [0.05, 0.1) is 17.2 Å². The molecule has 130 valence electrons. The summed E-state index contributed by atoms with van der Waals surface area (Å²) in [5.74, 6) is -2.30. The van der Waals surface area contributed by atoms with Crippen LogP contribution >= 0.6 is 0 Å². The summed E-state index contributed by atoms with van der Waals surface area (Å²) in [4.78, 5) is 35.5. The molecule has 0 aliphatic carbocycles. The first-order chi connectivity index (χ1) is 11.2. The minimum Gasteiger partial charge on any atom is -0.459 e. The molecule has 0 saturated carbocycles. The highest BCUT2D eigenvalue weighted by Gasteiger charge is 2.22. The summed E-state index contributed by atoms with van der Waals surface area (Å²) < 4.78 is 9.73. The van der Waals surface area contributed by atoms with Crippen LogP contribution < -0.4 is 0 Å². The van der Waals surface area contributed by atoms with Crippen LogP contribution in [-0.4, -0.2) is 53.4 Å². The van der Waals surface area contributed by atoms with Crippen molar-refractivity contribution in [2.45, 2.75) is 26.1 Å². The molecule has 0 radical (unpaired) electrons. The van der Waals surface area contributed by atoms with Gasteiger partial charge in [0.2, 0.25) is 0 Å². The summed E-state index contributed by atoms with van der Waals surface area (Å²) in [6.07, 6.45) is -2.35. The molecular weight excluding hydrogens is 316 g/mol. The first kappa shape index (κ1) is 19.5. The lowest BCUT2D eigenvalue weighted by molar-refractivity contribution is -0.125. The standard InChI is InChI=1S/C17H20O7/c1-10(2)15(20)14(19)9-24-17(22)13-7-5-4-6-12(13)16(21)23-8-11(3)18/h4-7,11,14,18-19H,1,8-9H2,2-3H3. The summed E-state index contributed by atoms with van der Waals surface area (Å²) in [5, 5.41) is 18.7. The molecule has 7 nitrogen and oxygen atoms in total. The zero-order chi connectivity index (χ0) is 18.3. The van der Waals surface area contributed by atoms with Gasteiger partial charge < -0.3 is 19.7 Å². The summed E-state index contributed by atoms with van der Waals surface area (Å²) >= 11 is 0. The minimum absolute atomic E-state index is 0.0381. The van der Waals surface area contributed by atoms with Gasteiger partial charge >= 0.3 is 11.9 Å². The smallest absolute Gasteiger partial charge is 0.339 e. The Hall–Kier alpha value is -2.51. The van der Waals surface area contributed by atoms with Gasteiger partial charge in [0, 0.05) is 0 Å². The average Bonchev–Trinajstić information content (AvgIpc) is 2.56. The summed E-state index contributed by atoms with van der Waals surface area (Å²) in [7, 11) is 0. The Kier molecular flexibility index (Phi) is 7.29. The number of ketones is 1. The van der Waals surface area contributed by atoms with Crippen molar-refractivity contribution >= 4 is 17.7 Å². The third-order valence-corrected chi connectivity index (χ3v) is 2.92. The molecule has 0 aliphatic heterocycles. The Morgan fingerprint density at radius 2 is 1.50 bits per heavy atom. The van der Waals surface area contributed by atoms with E-state index in [4.69, 9.17) is 14.6 Å². The lowest BCUT2D eigenvalue weighted by Crippen LogP contribution is -2.28. The Bertz CT molecular complexity index is 634. The zero-order valence-corrected chi connectivity index (χ0v) is 13.5. The van der Waals surface area contributed by atoms with E-state index in [1.54, 1.807) is 0 Å². The number of benzene rings is 1. The van der Waals surface area contributed by atoms with Gasteiger partial charge in [-0.15, -0.1) is 0 Å². The molecule has 0 aliphatic rings. The fourth-order valence-electron chi connectivity index (χ4n) is 1.71. The quantitative estimate of drug-likeness (QED) is 0.536. The lowest BCUT2D eigenvalue weighted by atomic mass is 10.1. The van der Waals surface area contributed by atoms with Gasteiger partial charge in [-0.3, -0.25) is 4.79 Å². The first-order valence-electron chi connectivity index (χ1n) is 7.23. The van der Waals surface area contributed by atoms with Gasteiger partial charge in [0.25, 0.3) is 0 Å². The topological polar surface area (TPSA) is 110 Å². The van der Waals surface area contributed by atoms with Gasteiger partial charge in [-0.2, -0.15) is 0 Å². The number of carbonyl (C=O) groups excluding carboxylic acids is 3. The second-order valence-electron chi connectivity index (χ2n) is 5.25. The highest BCUT2D eigenvalue weighted by molar-refractivity contribution is 6.03. The molecule has 7 heteroatoms. The second kappa shape index (κ2) is 8.95. The average molecular weight is 336 g/mol. The van der Waals surface area contributed by atoms with Crippen LogP contribution in [0.1, 0.15) is 34.6 Å². The number of ether oxygens (including phenoxy) is 2. The van der Waals surface area contributed by atoms with Crippen LogP contribution in [0.25, 0.3) is 0 Å². The third kappa shape index (κ3) is 5.60. The minimum atomic E-state index is -1.51. The van der Waals surface area contributed by atoms with Crippen molar-refractivity contribution in [3.05, 3.63) is 47.5 Å². The van der Waals surface area contributed by atoms with Gasteiger partial charge in [-0.1, -0.05) is 18.7 Å². The van der Waals surface area contributed by atoms with Crippen molar-refractivity contribution in [2.24, 2.45) is 0 Å². The molecule has 2 unspecified atom stereocenters. The van der Waals surface area contributed by atoms with E-state index < -0.39 is 36.5 Å². The SMILES string of the molecule is C=C(C)C(=O)C(O)COC(=O)c1ccccc1C(=O)OCC(C)O. The lowest BCUT2D eigenvalue weighted by Gasteiger charge is -2.12. The van der Waals surface area contributed by atoms with E-state index in [0.29, 0.717) is 0 Å². The van der Waals surface area contributed by atoms with Crippen LogP contribution in [0.4, 0.5) is 0 Å². The zero-order valence-electron chi connectivity index (χ0n) is 13.5. The Morgan fingerprint density at radius 1 is 1.04 bits per heavy atom. The third-order valence-electron chi connectivity index (χ3n) is 2.92. The molecule has 2 N–H and O–H groups in total. The second-order valence-corrected chi connectivity index (χ2v) is 5.25. The predicted molar refractivity (Wildman–Crippen MR) is 84.5 cm³/mol. The van der Waals surface area contributed by atoms with Crippen molar-refractivity contribution < 1.29 is 34.1 Å². The molecule has 0 spiro atoms. The number of hydrogen-bond acceptors (Lipinski definition) is 7. The van der Waals surface area contributed by atoms with Gasteiger partial charge in [0.15, 0.2) is 11.9 Å². The maximum absolute atomic E-state index is 12.1. The fourth-order valence-corrected chi connectivity index (χ4v) is 1.71. The van der Waals surface area contributed by atoms with E-state index in [0.717, 1.165) is 0 Å². The molecule has 0 saturated heterocycles. The molecule has 24 heavy (non-hydrogen) atoms. The molecule has 0 heterocycles. The fraction of sp³-hybridized carbons (Fsp3) is 0.353. The number of Topliss-reactive ketones (excluding diaryl/α,β-unsaturated/α-hetero) is 1. The van der Waals surface area contributed by atoms with Crippen LogP contribution in [0.15, 0.2) is 36.4 Å². The van der Waals surface area contributed by atoms with E-state index in [1.165, 1.54) is 38.1 Å². The van der Waals surface area contributed by atoms with Gasteiger partial charge in [-0.25, -0.2) is 9.59 Å². The number of aliphatic hydroxyl groups excluding tert-OH is 2. The van der Waals surface area contributed by atoms with Crippen molar-refractivity contribution in [1.29, 1.82) is 0 Å². The monoisotopic (exact) mass is 336 g/mol. The Morgan fingerprint density at radius 3 is 1.92 bits per heavy atom. The number of rotatable bonds is 8. The van der Waals surface area contributed by atoms with Crippen LogP contribution in [0.3, 0.4) is 0 Å².